The van der Waals surface area contributed by atoms with Gasteiger partial charge in [-0.3, -0.25) is 9.69 Å². The molecule has 0 saturated carbocycles. The van der Waals surface area contributed by atoms with Gasteiger partial charge in [0.1, 0.15) is 5.82 Å². The van der Waals surface area contributed by atoms with E-state index in [0.717, 1.165) is 25.9 Å². The number of halogens is 1. The van der Waals surface area contributed by atoms with E-state index >= 15 is 0 Å². The molecule has 106 valence electrons. The van der Waals surface area contributed by atoms with Crippen molar-refractivity contribution in [1.82, 2.24) is 10.2 Å². The smallest absolute Gasteiger partial charge is 0.254 e. The Morgan fingerprint density at radius 3 is 2.85 bits per heavy atom. The summed E-state index contributed by atoms with van der Waals surface area (Å²) in [7, 11) is 0. The van der Waals surface area contributed by atoms with Crippen LogP contribution in [0.3, 0.4) is 0 Å². The maximum Gasteiger partial charge on any atom is 0.254 e. The van der Waals surface area contributed by atoms with Crippen LogP contribution in [0.2, 0.25) is 0 Å². The second-order valence-corrected chi connectivity index (χ2v) is 5.12. The molecule has 1 amide bonds. The lowest BCUT2D eigenvalue weighted by molar-refractivity contribution is 0.0910. The number of likely N-dealkylation sites (tertiary alicyclic amines) is 1. The molecule has 0 atom stereocenters. The van der Waals surface area contributed by atoms with Gasteiger partial charge in [0.2, 0.25) is 0 Å². The molecule has 1 aliphatic rings. The van der Waals surface area contributed by atoms with Crippen LogP contribution in [0.25, 0.3) is 0 Å². The number of rotatable bonds is 3. The quantitative estimate of drug-likeness (QED) is 0.857. The molecule has 1 N–H and O–H groups in total. The third-order valence-corrected chi connectivity index (χ3v) is 3.65. The van der Waals surface area contributed by atoms with Crippen LogP contribution in [0.15, 0.2) is 18.2 Å². The van der Waals surface area contributed by atoms with Crippen LogP contribution in [0.4, 0.5) is 4.39 Å². The number of nitriles is 1. The van der Waals surface area contributed by atoms with Gasteiger partial charge in [-0.1, -0.05) is 12.1 Å². The number of nitrogens with zero attached hydrogens (tertiary/aromatic N) is 2. The normalized spacial score (nSPS) is 16.6. The number of piperidine rings is 1. The SMILES string of the molecule is Cc1cccc(C(=O)NC2CCN(CC#N)CC2)c1F. The molecule has 1 saturated heterocycles. The minimum atomic E-state index is -0.452. The van der Waals surface area contributed by atoms with Crippen LogP contribution in [0.1, 0.15) is 28.8 Å². The molecule has 0 radical (unpaired) electrons. The number of benzene rings is 1. The van der Waals surface area contributed by atoms with Gasteiger partial charge in [0.05, 0.1) is 18.2 Å². The van der Waals surface area contributed by atoms with Crippen molar-refractivity contribution in [1.29, 1.82) is 5.26 Å². The predicted molar refractivity (Wildman–Crippen MR) is 73.7 cm³/mol. The zero-order chi connectivity index (χ0) is 14.5. The molecule has 20 heavy (non-hydrogen) atoms. The Kier molecular flexibility index (Phi) is 4.70. The highest BCUT2D eigenvalue weighted by Crippen LogP contribution is 2.14. The third kappa shape index (κ3) is 3.34. The number of hydrogen-bond acceptors (Lipinski definition) is 3. The molecule has 4 nitrogen and oxygen atoms in total. The molecule has 1 aromatic rings. The van der Waals surface area contributed by atoms with Crippen LogP contribution in [0.5, 0.6) is 0 Å². The maximum absolute atomic E-state index is 13.9. The van der Waals surface area contributed by atoms with E-state index in [0.29, 0.717) is 12.1 Å². The van der Waals surface area contributed by atoms with Crippen molar-refractivity contribution in [2.45, 2.75) is 25.8 Å². The Morgan fingerprint density at radius 2 is 2.20 bits per heavy atom. The van der Waals surface area contributed by atoms with Crippen LogP contribution in [-0.2, 0) is 0 Å². The summed E-state index contributed by atoms with van der Waals surface area (Å²) in [5, 5.41) is 11.5. The van der Waals surface area contributed by atoms with E-state index in [1.807, 2.05) is 0 Å². The molecule has 1 aromatic carbocycles. The maximum atomic E-state index is 13.9. The largest absolute Gasteiger partial charge is 0.349 e. The van der Waals surface area contributed by atoms with Gasteiger partial charge in [0.15, 0.2) is 0 Å². The van der Waals surface area contributed by atoms with Crippen molar-refractivity contribution < 1.29 is 9.18 Å². The second-order valence-electron chi connectivity index (χ2n) is 5.12. The standard InChI is InChI=1S/C15H18FN3O/c1-11-3-2-4-13(14(11)16)15(20)18-12-5-8-19(9-6-12)10-7-17/h2-4,12H,5-6,8-10H2,1H3,(H,18,20). The summed E-state index contributed by atoms with van der Waals surface area (Å²) in [6.45, 7) is 3.64. The molecule has 0 aliphatic carbocycles. The van der Waals surface area contributed by atoms with Gasteiger partial charge >= 0.3 is 0 Å². The minimum Gasteiger partial charge on any atom is -0.349 e. The number of carbonyl (C=O) groups is 1. The average molecular weight is 275 g/mol. The molecule has 0 bridgehead atoms. The predicted octanol–water partition coefficient (Wildman–Crippen LogP) is 1.85. The lowest BCUT2D eigenvalue weighted by atomic mass is 10.0. The van der Waals surface area contributed by atoms with E-state index < -0.39 is 5.82 Å². The van der Waals surface area contributed by atoms with E-state index in [1.54, 1.807) is 19.1 Å². The molecule has 0 spiro atoms. The first kappa shape index (κ1) is 14.5. The van der Waals surface area contributed by atoms with E-state index in [1.165, 1.54) is 6.07 Å². The highest BCUT2D eigenvalue weighted by molar-refractivity contribution is 5.94. The third-order valence-electron chi connectivity index (χ3n) is 3.65. The Labute approximate surface area is 118 Å². The number of carbonyl (C=O) groups excluding carboxylic acids is 1. The summed E-state index contributed by atoms with van der Waals surface area (Å²) in [5.41, 5.74) is 0.575. The molecular formula is C15H18FN3O. The van der Waals surface area contributed by atoms with E-state index in [2.05, 4.69) is 16.3 Å². The van der Waals surface area contributed by atoms with Crippen LogP contribution < -0.4 is 5.32 Å². The van der Waals surface area contributed by atoms with Crippen LogP contribution in [0, 0.1) is 24.1 Å². The van der Waals surface area contributed by atoms with Gasteiger partial charge in [0.25, 0.3) is 5.91 Å². The number of aryl methyl sites for hydroxylation is 1. The van der Waals surface area contributed by atoms with Crippen molar-refractivity contribution in [3.05, 3.63) is 35.1 Å². The molecule has 0 unspecified atom stereocenters. The molecule has 1 aliphatic heterocycles. The first-order chi connectivity index (χ1) is 9.61. The first-order valence-corrected chi connectivity index (χ1v) is 6.77. The lowest BCUT2D eigenvalue weighted by Crippen LogP contribution is -2.44. The summed E-state index contributed by atoms with van der Waals surface area (Å²) in [4.78, 5) is 14.1. The Bertz CT molecular complexity index is 530. The number of hydrogen-bond donors (Lipinski definition) is 1. The highest BCUT2D eigenvalue weighted by Gasteiger charge is 2.22. The second kappa shape index (κ2) is 6.49. The van der Waals surface area contributed by atoms with Crippen molar-refractivity contribution in [2.24, 2.45) is 0 Å². The average Bonchev–Trinajstić information content (AvgIpc) is 2.44. The Hall–Kier alpha value is -1.93. The summed E-state index contributed by atoms with van der Waals surface area (Å²) in [5.74, 6) is -0.808. The molecule has 5 heteroatoms. The Morgan fingerprint density at radius 1 is 1.50 bits per heavy atom. The number of amides is 1. The molecule has 1 fully saturated rings. The van der Waals surface area contributed by atoms with Gasteiger partial charge in [0, 0.05) is 19.1 Å². The highest BCUT2D eigenvalue weighted by atomic mass is 19.1. The van der Waals surface area contributed by atoms with Crippen molar-refractivity contribution in [3.8, 4) is 6.07 Å². The van der Waals surface area contributed by atoms with Crippen LogP contribution >= 0.6 is 0 Å². The first-order valence-electron chi connectivity index (χ1n) is 6.77. The topological polar surface area (TPSA) is 56.1 Å². The van der Waals surface area contributed by atoms with Crippen LogP contribution in [-0.4, -0.2) is 36.5 Å². The zero-order valence-corrected chi connectivity index (χ0v) is 11.5. The summed E-state index contributed by atoms with van der Waals surface area (Å²) in [6, 6.07) is 7.01. The van der Waals surface area contributed by atoms with Gasteiger partial charge in [-0.15, -0.1) is 0 Å². The fourth-order valence-electron chi connectivity index (χ4n) is 2.42. The van der Waals surface area contributed by atoms with Crippen molar-refractivity contribution in [3.63, 3.8) is 0 Å². The van der Waals surface area contributed by atoms with E-state index in [9.17, 15) is 9.18 Å². The fourth-order valence-corrected chi connectivity index (χ4v) is 2.42. The number of nitrogens with one attached hydrogen (secondary N) is 1. The summed E-state index contributed by atoms with van der Waals surface area (Å²) >= 11 is 0. The van der Waals surface area contributed by atoms with Crippen molar-refractivity contribution in [2.75, 3.05) is 19.6 Å². The van der Waals surface area contributed by atoms with Gasteiger partial charge in [-0.25, -0.2) is 4.39 Å². The molecule has 1 heterocycles. The summed E-state index contributed by atoms with van der Waals surface area (Å²) < 4.78 is 13.9. The van der Waals surface area contributed by atoms with Gasteiger partial charge in [-0.05, 0) is 31.4 Å². The lowest BCUT2D eigenvalue weighted by Gasteiger charge is -2.30. The minimum absolute atomic E-state index is 0.0531. The van der Waals surface area contributed by atoms with E-state index in [-0.39, 0.29) is 17.5 Å². The van der Waals surface area contributed by atoms with Crippen molar-refractivity contribution >= 4 is 5.91 Å². The molecule has 0 aromatic heterocycles. The monoisotopic (exact) mass is 275 g/mol. The fraction of sp³-hybridized carbons (Fsp3) is 0.467. The molecular weight excluding hydrogens is 257 g/mol. The molecule has 2 rings (SSSR count). The summed E-state index contributed by atoms with van der Waals surface area (Å²) in [6.07, 6.45) is 1.59. The Balaban J connectivity index is 1.93. The van der Waals surface area contributed by atoms with Gasteiger partial charge < -0.3 is 5.32 Å². The van der Waals surface area contributed by atoms with E-state index in [4.69, 9.17) is 5.26 Å². The zero-order valence-electron chi connectivity index (χ0n) is 11.5. The van der Waals surface area contributed by atoms with Gasteiger partial charge in [-0.2, -0.15) is 5.26 Å².